The monoisotopic (exact) mass is 376 g/mol. The molecule has 0 N–H and O–H groups in total. The number of carbonyl (C=O) groups is 1. The van der Waals surface area contributed by atoms with Crippen molar-refractivity contribution in [3.05, 3.63) is 40.1 Å². The number of anilines is 1. The largest absolute Gasteiger partial charge is 0.341 e. The molecule has 2 aromatic rings. The van der Waals surface area contributed by atoms with Gasteiger partial charge in [0.2, 0.25) is 11.9 Å². The van der Waals surface area contributed by atoms with Crippen molar-refractivity contribution >= 4 is 23.2 Å². The van der Waals surface area contributed by atoms with E-state index in [1.54, 1.807) is 16.4 Å². The van der Waals surface area contributed by atoms with E-state index < -0.39 is 5.82 Å². The van der Waals surface area contributed by atoms with Gasteiger partial charge in [-0.1, -0.05) is 0 Å². The second-order valence-electron chi connectivity index (χ2n) is 6.71. The molecule has 2 aliphatic heterocycles. The van der Waals surface area contributed by atoms with Gasteiger partial charge in [-0.05, 0) is 31.9 Å². The van der Waals surface area contributed by atoms with Gasteiger partial charge in [0.1, 0.15) is 0 Å². The maximum Gasteiger partial charge on any atom is 0.249 e. The minimum atomic E-state index is -0.445. The summed E-state index contributed by atoms with van der Waals surface area (Å²) in [5.41, 5.74) is 0. The molecule has 0 aliphatic carbocycles. The first kappa shape index (κ1) is 17.4. The number of hydrogen-bond acceptors (Lipinski definition) is 6. The van der Waals surface area contributed by atoms with Gasteiger partial charge in [-0.15, -0.1) is 11.3 Å². The Morgan fingerprint density at radius 1 is 1.23 bits per heavy atom. The highest BCUT2D eigenvalue weighted by Gasteiger charge is 2.37. The summed E-state index contributed by atoms with van der Waals surface area (Å²) in [4.78, 5) is 31.1. The van der Waals surface area contributed by atoms with Crippen LogP contribution < -0.4 is 4.90 Å². The number of amides is 1. The molecule has 0 unspecified atom stereocenters. The van der Waals surface area contributed by atoms with Crippen LogP contribution in [0.2, 0.25) is 0 Å². The average Bonchev–Trinajstić information content (AvgIpc) is 3.30. The topological polar surface area (TPSA) is 58.6 Å². The summed E-state index contributed by atoms with van der Waals surface area (Å²) >= 11 is 1.72. The van der Waals surface area contributed by atoms with Crippen LogP contribution in [0.1, 0.15) is 35.1 Å². The van der Waals surface area contributed by atoms with Crippen LogP contribution in [0.15, 0.2) is 24.5 Å². The maximum atomic E-state index is 13.0. The average molecular weight is 376 g/mol. The Balaban J connectivity index is 1.39. The molecule has 0 aromatic carbocycles. The van der Waals surface area contributed by atoms with E-state index in [1.165, 1.54) is 22.1 Å². The van der Waals surface area contributed by atoms with E-state index >= 15 is 0 Å². The highest BCUT2D eigenvalue weighted by Crippen LogP contribution is 2.36. The first-order valence-electron chi connectivity index (χ1n) is 8.86. The normalized spacial score (nSPS) is 21.4. The van der Waals surface area contributed by atoms with Gasteiger partial charge < -0.3 is 4.90 Å². The fourth-order valence-corrected chi connectivity index (χ4v) is 4.55. The minimum absolute atomic E-state index is 0.0275. The maximum absolute atomic E-state index is 13.0. The van der Waals surface area contributed by atoms with Crippen LogP contribution >= 0.6 is 11.3 Å². The van der Waals surface area contributed by atoms with Gasteiger partial charge in [0, 0.05) is 35.2 Å². The lowest BCUT2D eigenvalue weighted by atomic mass is 9.95. The fraction of sp³-hybridized carbons (Fsp3) is 0.500. The third-order valence-corrected chi connectivity index (χ3v) is 6.05. The number of nitrogens with zero attached hydrogens (tertiary/aromatic N) is 4. The molecule has 0 spiro atoms. The zero-order chi connectivity index (χ0) is 18.1. The number of halogens is 1. The Morgan fingerprint density at radius 2 is 1.96 bits per heavy atom. The standard InChI is InChI=1S/C18H21FN4O2S/c1-12-2-3-16(26-12)15-6-9-25-23(15)17(24)13-4-7-22(8-5-13)18-20-10-14(19)11-21-18/h2-3,10-11,13,15H,4-9H2,1H3/t15-/m0/s1. The van der Waals surface area contributed by atoms with Gasteiger partial charge in [0.05, 0.1) is 25.0 Å². The van der Waals surface area contributed by atoms with Gasteiger partial charge in [-0.25, -0.2) is 19.4 Å². The van der Waals surface area contributed by atoms with Crippen molar-refractivity contribution in [3.8, 4) is 0 Å². The number of rotatable bonds is 3. The molecule has 2 saturated heterocycles. The van der Waals surface area contributed by atoms with E-state index in [1.807, 2.05) is 4.90 Å². The number of piperidine rings is 1. The minimum Gasteiger partial charge on any atom is -0.341 e. The molecule has 4 heterocycles. The van der Waals surface area contributed by atoms with Gasteiger partial charge in [-0.3, -0.25) is 9.63 Å². The second-order valence-corrected chi connectivity index (χ2v) is 8.03. The number of aryl methyl sites for hydroxylation is 1. The summed E-state index contributed by atoms with van der Waals surface area (Å²) in [5.74, 6) is 0.0769. The van der Waals surface area contributed by atoms with Gasteiger partial charge >= 0.3 is 0 Å². The third-order valence-electron chi connectivity index (χ3n) is 4.95. The molecule has 1 atom stereocenters. The van der Waals surface area contributed by atoms with Crippen molar-refractivity contribution in [2.75, 3.05) is 24.6 Å². The van der Waals surface area contributed by atoms with Crippen LogP contribution in [-0.4, -0.2) is 40.6 Å². The van der Waals surface area contributed by atoms with Crippen LogP contribution in [-0.2, 0) is 9.63 Å². The Labute approximate surface area is 155 Å². The molecule has 4 rings (SSSR count). The molecule has 0 saturated carbocycles. The lowest BCUT2D eigenvalue weighted by molar-refractivity contribution is -0.182. The molecular formula is C18H21FN4O2S. The Bertz CT molecular complexity index is 774. The number of hydrogen-bond donors (Lipinski definition) is 0. The zero-order valence-electron chi connectivity index (χ0n) is 14.6. The van der Waals surface area contributed by atoms with Crippen LogP contribution in [0.4, 0.5) is 10.3 Å². The van der Waals surface area contributed by atoms with Gasteiger partial charge in [0.25, 0.3) is 0 Å². The molecule has 2 aromatic heterocycles. The molecule has 0 radical (unpaired) electrons. The molecule has 0 bridgehead atoms. The Kier molecular flexibility index (Phi) is 4.86. The second kappa shape index (κ2) is 7.28. The van der Waals surface area contributed by atoms with E-state index in [9.17, 15) is 9.18 Å². The predicted molar refractivity (Wildman–Crippen MR) is 96.1 cm³/mol. The fourth-order valence-electron chi connectivity index (χ4n) is 3.55. The van der Waals surface area contributed by atoms with Crippen LogP contribution in [0, 0.1) is 18.7 Å². The molecule has 2 fully saturated rings. The van der Waals surface area contributed by atoms with Gasteiger partial charge in [-0.2, -0.15) is 0 Å². The lowest BCUT2D eigenvalue weighted by Gasteiger charge is -2.33. The summed E-state index contributed by atoms with van der Waals surface area (Å²) in [6.07, 6.45) is 4.62. The number of aromatic nitrogens is 2. The van der Waals surface area contributed by atoms with E-state index in [4.69, 9.17) is 4.84 Å². The number of carbonyl (C=O) groups excluding carboxylic acids is 1. The molecule has 26 heavy (non-hydrogen) atoms. The third kappa shape index (κ3) is 3.43. The SMILES string of the molecule is Cc1ccc([C@@H]2CCON2C(=O)C2CCN(c3ncc(F)cn3)CC2)s1. The first-order chi connectivity index (χ1) is 12.6. The lowest BCUT2D eigenvalue weighted by Crippen LogP contribution is -2.42. The first-order valence-corrected chi connectivity index (χ1v) is 9.68. The van der Waals surface area contributed by atoms with E-state index in [0.717, 1.165) is 19.3 Å². The van der Waals surface area contributed by atoms with E-state index in [-0.39, 0.29) is 17.9 Å². The molecule has 138 valence electrons. The smallest absolute Gasteiger partial charge is 0.249 e. The molecule has 8 heteroatoms. The van der Waals surface area contributed by atoms with Crippen molar-refractivity contribution in [1.29, 1.82) is 0 Å². The molecule has 2 aliphatic rings. The van der Waals surface area contributed by atoms with Gasteiger partial charge in [0.15, 0.2) is 5.82 Å². The molecular weight excluding hydrogens is 355 g/mol. The number of hydroxylamine groups is 2. The molecule has 6 nitrogen and oxygen atoms in total. The highest BCUT2D eigenvalue weighted by atomic mass is 32.1. The summed E-state index contributed by atoms with van der Waals surface area (Å²) in [5, 5.41) is 1.60. The quantitative estimate of drug-likeness (QED) is 0.824. The summed E-state index contributed by atoms with van der Waals surface area (Å²) < 4.78 is 13.0. The Hall–Kier alpha value is -2.06. The summed E-state index contributed by atoms with van der Waals surface area (Å²) in [6, 6.07) is 4.20. The molecule has 1 amide bonds. The van der Waals surface area contributed by atoms with Crippen molar-refractivity contribution in [3.63, 3.8) is 0 Å². The number of thiophene rings is 1. The van der Waals surface area contributed by atoms with Crippen LogP contribution in [0.25, 0.3) is 0 Å². The predicted octanol–water partition coefficient (Wildman–Crippen LogP) is 3.11. The van der Waals surface area contributed by atoms with Crippen molar-refractivity contribution in [2.24, 2.45) is 5.92 Å². The zero-order valence-corrected chi connectivity index (χ0v) is 15.4. The van der Waals surface area contributed by atoms with Crippen molar-refractivity contribution < 1.29 is 14.0 Å². The highest BCUT2D eigenvalue weighted by molar-refractivity contribution is 7.12. The van der Waals surface area contributed by atoms with Crippen LogP contribution in [0.5, 0.6) is 0 Å². The Morgan fingerprint density at radius 3 is 2.62 bits per heavy atom. The van der Waals surface area contributed by atoms with Crippen molar-refractivity contribution in [1.82, 2.24) is 15.0 Å². The summed E-state index contributed by atoms with van der Waals surface area (Å²) in [6.45, 7) is 4.01. The van der Waals surface area contributed by atoms with Crippen LogP contribution in [0.3, 0.4) is 0 Å². The van der Waals surface area contributed by atoms with Crippen molar-refractivity contribution in [2.45, 2.75) is 32.2 Å². The summed E-state index contributed by atoms with van der Waals surface area (Å²) in [7, 11) is 0. The van der Waals surface area contributed by atoms with E-state index in [0.29, 0.717) is 25.6 Å². The van der Waals surface area contributed by atoms with E-state index in [2.05, 4.69) is 29.0 Å².